The van der Waals surface area contributed by atoms with Gasteiger partial charge in [-0.05, 0) is 18.2 Å². The molecular formula is C8H8O3. The van der Waals surface area contributed by atoms with Gasteiger partial charge in [0.05, 0.1) is 16.7 Å². The van der Waals surface area contributed by atoms with Gasteiger partial charge in [-0.1, -0.05) is 6.07 Å². The molecular weight excluding hydrogens is 144 g/mol. The van der Waals surface area contributed by atoms with Crippen LogP contribution in [0, 0.1) is 0 Å². The molecule has 0 atom stereocenters. The predicted octanol–water partition coefficient (Wildman–Crippen LogP) is 1.18. The lowest BCUT2D eigenvalue weighted by Crippen LogP contribution is -1.99. The molecule has 0 aliphatic rings. The quantitative estimate of drug-likeness (QED) is 0.619. The summed E-state index contributed by atoms with van der Waals surface area (Å²) in [6.45, 7) is 0. The monoisotopic (exact) mass is 155 g/mol. The number of aromatic hydroxyl groups is 1. The van der Waals surface area contributed by atoms with Gasteiger partial charge in [-0.2, -0.15) is 0 Å². The molecule has 1 N–H and O–H groups in total. The fraction of sp³-hybridized carbons (Fsp3) is 0.125. The number of esters is 1. The zero-order valence-electron chi connectivity index (χ0n) is 8.57. The van der Waals surface area contributed by atoms with Crippen molar-refractivity contribution in [1.82, 2.24) is 0 Å². The van der Waals surface area contributed by atoms with Gasteiger partial charge in [0.2, 0.25) is 0 Å². The molecule has 1 aromatic rings. The van der Waals surface area contributed by atoms with Crippen LogP contribution < -0.4 is 0 Å². The first-order chi connectivity index (χ1) is 6.38. The molecule has 0 spiro atoms. The van der Waals surface area contributed by atoms with Gasteiger partial charge < -0.3 is 9.84 Å². The zero-order chi connectivity index (χ0) is 10.8. The van der Waals surface area contributed by atoms with Crippen LogP contribution in [0.5, 0.6) is 5.75 Å². The minimum absolute atomic E-state index is 0.00104. The molecule has 0 aliphatic heterocycles. The van der Waals surface area contributed by atoms with Crippen molar-refractivity contribution in [3.63, 3.8) is 0 Å². The van der Waals surface area contributed by atoms with E-state index in [-0.39, 0.29) is 11.3 Å². The van der Waals surface area contributed by atoms with Crippen molar-refractivity contribution in [2.24, 2.45) is 0 Å². The standard InChI is InChI=1S/C8H8O3/c1-11-8(10)6-3-2-4-7(9)5-6/h2-5,9H,1H3/i1D3. The lowest BCUT2D eigenvalue weighted by atomic mass is 10.2. The third-order valence-electron chi connectivity index (χ3n) is 1.17. The number of methoxy groups -OCH3 is 1. The van der Waals surface area contributed by atoms with Crippen LogP contribution in [0.3, 0.4) is 0 Å². The number of phenols is 1. The Morgan fingerprint density at radius 1 is 1.73 bits per heavy atom. The number of hydrogen-bond donors (Lipinski definition) is 1. The van der Waals surface area contributed by atoms with Gasteiger partial charge in [-0.25, -0.2) is 4.79 Å². The van der Waals surface area contributed by atoms with Crippen molar-refractivity contribution in [3.05, 3.63) is 29.8 Å². The highest BCUT2D eigenvalue weighted by molar-refractivity contribution is 5.89. The number of rotatable bonds is 1. The van der Waals surface area contributed by atoms with Gasteiger partial charge in [-0.3, -0.25) is 0 Å². The van der Waals surface area contributed by atoms with Crippen LogP contribution in [0.15, 0.2) is 24.3 Å². The highest BCUT2D eigenvalue weighted by atomic mass is 16.5. The van der Waals surface area contributed by atoms with Gasteiger partial charge in [-0.15, -0.1) is 0 Å². The number of ether oxygens (including phenoxy) is 1. The van der Waals surface area contributed by atoms with Crippen LogP contribution >= 0.6 is 0 Å². The molecule has 0 bridgehead atoms. The van der Waals surface area contributed by atoms with Gasteiger partial charge in [0, 0.05) is 0 Å². The van der Waals surface area contributed by atoms with Crippen molar-refractivity contribution in [2.75, 3.05) is 7.04 Å². The molecule has 0 saturated heterocycles. The predicted molar refractivity (Wildman–Crippen MR) is 39.4 cm³/mol. The van der Waals surface area contributed by atoms with Crippen LogP contribution in [0.1, 0.15) is 14.5 Å². The zero-order valence-corrected chi connectivity index (χ0v) is 5.57. The Balaban J connectivity index is 2.80. The van der Waals surface area contributed by atoms with Crippen LogP contribution in [0.25, 0.3) is 0 Å². The van der Waals surface area contributed by atoms with Gasteiger partial charge >= 0.3 is 5.97 Å². The van der Waals surface area contributed by atoms with Crippen LogP contribution in [0.4, 0.5) is 0 Å². The van der Waals surface area contributed by atoms with E-state index in [4.69, 9.17) is 9.22 Å². The highest BCUT2D eigenvalue weighted by Crippen LogP contribution is 2.11. The Bertz CT molecular complexity index is 346. The molecule has 1 aromatic carbocycles. The van der Waals surface area contributed by atoms with E-state index >= 15 is 0 Å². The van der Waals surface area contributed by atoms with E-state index < -0.39 is 13.0 Å². The molecule has 0 amide bonds. The lowest BCUT2D eigenvalue weighted by molar-refractivity contribution is 0.0600. The van der Waals surface area contributed by atoms with Gasteiger partial charge in [0.15, 0.2) is 0 Å². The fourth-order valence-electron chi connectivity index (χ4n) is 0.692. The Labute approximate surface area is 68.4 Å². The Morgan fingerprint density at radius 2 is 2.55 bits per heavy atom. The summed E-state index contributed by atoms with van der Waals surface area (Å²) in [6.07, 6.45) is 0. The summed E-state index contributed by atoms with van der Waals surface area (Å²) in [6, 6.07) is 5.28. The van der Waals surface area contributed by atoms with Gasteiger partial charge in [0.1, 0.15) is 5.75 Å². The summed E-state index contributed by atoms with van der Waals surface area (Å²) in [5, 5.41) is 9.01. The topological polar surface area (TPSA) is 46.5 Å². The Kier molecular flexibility index (Phi) is 1.22. The first kappa shape index (κ1) is 4.38. The number of carbonyl (C=O) groups excluding carboxylic acids is 1. The van der Waals surface area contributed by atoms with E-state index in [0.29, 0.717) is 0 Å². The molecule has 3 nitrogen and oxygen atoms in total. The molecule has 3 heteroatoms. The summed E-state index contributed by atoms with van der Waals surface area (Å²) in [5.74, 6) is -1.11. The van der Waals surface area contributed by atoms with Crippen molar-refractivity contribution < 1.29 is 18.8 Å². The van der Waals surface area contributed by atoms with Gasteiger partial charge in [0.25, 0.3) is 0 Å². The van der Waals surface area contributed by atoms with E-state index in [1.54, 1.807) is 0 Å². The van der Waals surface area contributed by atoms with E-state index in [2.05, 4.69) is 4.74 Å². The summed E-state index contributed by atoms with van der Waals surface area (Å²) in [5.41, 5.74) is 0.00104. The number of phenolic OH excluding ortho intramolecular Hbond substituents is 1. The summed E-state index contributed by atoms with van der Waals surface area (Å²) < 4.78 is 24.2. The minimum Gasteiger partial charge on any atom is -0.508 e. The molecule has 1 rings (SSSR count). The summed E-state index contributed by atoms with van der Waals surface area (Å²) in [7, 11) is -2.76. The smallest absolute Gasteiger partial charge is 0.337 e. The molecule has 0 aromatic heterocycles. The van der Waals surface area contributed by atoms with Crippen molar-refractivity contribution in [2.45, 2.75) is 0 Å². The average Bonchev–Trinajstić information content (AvgIpc) is 2.01. The number of hydrogen-bond acceptors (Lipinski definition) is 3. The van der Waals surface area contributed by atoms with Crippen molar-refractivity contribution in [3.8, 4) is 5.75 Å². The Hall–Kier alpha value is -1.51. The third kappa shape index (κ3) is 1.70. The third-order valence-corrected chi connectivity index (χ3v) is 1.17. The molecule has 58 valence electrons. The normalized spacial score (nSPS) is 14.4. The maximum atomic E-state index is 11.1. The minimum atomic E-state index is -2.76. The first-order valence-corrected chi connectivity index (χ1v) is 2.91. The van der Waals surface area contributed by atoms with E-state index in [0.717, 1.165) is 6.07 Å². The van der Waals surface area contributed by atoms with Crippen molar-refractivity contribution >= 4 is 5.97 Å². The second kappa shape index (κ2) is 3.05. The second-order valence-corrected chi connectivity index (χ2v) is 1.94. The molecule has 0 radical (unpaired) electrons. The van der Waals surface area contributed by atoms with Crippen LogP contribution in [-0.4, -0.2) is 18.1 Å². The first-order valence-electron chi connectivity index (χ1n) is 4.41. The highest BCUT2D eigenvalue weighted by Gasteiger charge is 2.03. The number of carbonyl (C=O) groups is 1. The fourth-order valence-corrected chi connectivity index (χ4v) is 0.692. The molecule has 0 fully saturated rings. The molecule has 0 unspecified atom stereocenters. The largest absolute Gasteiger partial charge is 0.508 e. The lowest BCUT2D eigenvalue weighted by Gasteiger charge is -1.97. The van der Waals surface area contributed by atoms with E-state index in [9.17, 15) is 4.79 Å². The molecule has 0 aliphatic carbocycles. The maximum Gasteiger partial charge on any atom is 0.337 e. The molecule has 0 saturated carbocycles. The number of benzene rings is 1. The Morgan fingerprint density at radius 3 is 3.18 bits per heavy atom. The van der Waals surface area contributed by atoms with E-state index in [1.807, 2.05) is 0 Å². The average molecular weight is 155 g/mol. The summed E-state index contributed by atoms with van der Waals surface area (Å²) in [4.78, 5) is 11.1. The van der Waals surface area contributed by atoms with Crippen molar-refractivity contribution in [1.29, 1.82) is 0 Å². The van der Waals surface area contributed by atoms with Crippen LogP contribution in [0.2, 0.25) is 0 Å². The molecule has 11 heavy (non-hydrogen) atoms. The van der Waals surface area contributed by atoms with Crippen LogP contribution in [-0.2, 0) is 4.74 Å². The van der Waals surface area contributed by atoms with E-state index in [1.165, 1.54) is 18.2 Å². The maximum absolute atomic E-state index is 11.1. The second-order valence-electron chi connectivity index (χ2n) is 1.94. The summed E-state index contributed by atoms with van der Waals surface area (Å²) >= 11 is 0. The SMILES string of the molecule is [2H]C([2H])([2H])OC(=O)c1cccc(O)c1. The molecule has 0 heterocycles.